The largest absolute Gasteiger partial charge is 0.381 e. The molecule has 8 heteroatoms. The molecule has 0 aliphatic carbocycles. The minimum atomic E-state index is -2.46. The fourth-order valence-corrected chi connectivity index (χ4v) is 5.50. The molecular weight excluding hydrogens is 465 g/mol. The topological polar surface area (TPSA) is 57.8 Å². The molecule has 35 heavy (non-hydrogen) atoms. The predicted octanol–water partition coefficient (Wildman–Crippen LogP) is 6.10. The number of aromatic nitrogens is 5. The lowest BCUT2D eigenvalue weighted by molar-refractivity contribution is 0.0552. The van der Waals surface area contributed by atoms with E-state index in [9.17, 15) is 0 Å². The fraction of sp³-hybridized carbons (Fsp3) is 0.296. The SMILES string of the molecule is [2H]C([2H])([2H])c1nnn(C)c1-c1cnc2c3ccc(Cl)c(F)c3n([C@H](c3ccccc3)C3CCOCC3)c2c1. The molecule has 2 aromatic carbocycles. The van der Waals surface area contributed by atoms with Gasteiger partial charge in [0.1, 0.15) is 0 Å². The molecule has 1 atom stereocenters. The van der Waals surface area contributed by atoms with Crippen molar-refractivity contribution >= 4 is 33.5 Å². The van der Waals surface area contributed by atoms with Gasteiger partial charge in [0.05, 0.1) is 39.0 Å². The first-order chi connectivity index (χ1) is 18.3. The molecule has 6 rings (SSSR count). The van der Waals surface area contributed by atoms with E-state index in [-0.39, 0.29) is 22.7 Å². The maximum absolute atomic E-state index is 15.9. The summed E-state index contributed by atoms with van der Waals surface area (Å²) in [5.41, 5.74) is 3.46. The quantitative estimate of drug-likeness (QED) is 0.304. The molecule has 0 unspecified atom stereocenters. The molecule has 1 saturated heterocycles. The highest BCUT2D eigenvalue weighted by Gasteiger charge is 2.31. The van der Waals surface area contributed by atoms with E-state index in [1.165, 1.54) is 4.68 Å². The third kappa shape index (κ3) is 3.61. The summed E-state index contributed by atoms with van der Waals surface area (Å²) < 4.78 is 48.8. The minimum absolute atomic E-state index is 0.0288. The predicted molar refractivity (Wildman–Crippen MR) is 135 cm³/mol. The van der Waals surface area contributed by atoms with Gasteiger partial charge in [-0.1, -0.05) is 47.1 Å². The number of pyridine rings is 1. The third-order valence-electron chi connectivity index (χ3n) is 6.92. The van der Waals surface area contributed by atoms with Crippen molar-refractivity contribution in [3.63, 3.8) is 0 Å². The molecule has 4 heterocycles. The molecule has 3 aromatic heterocycles. The van der Waals surface area contributed by atoms with E-state index >= 15 is 4.39 Å². The van der Waals surface area contributed by atoms with Gasteiger partial charge in [0.2, 0.25) is 0 Å². The molecule has 0 bridgehead atoms. The molecule has 0 saturated carbocycles. The summed E-state index contributed by atoms with van der Waals surface area (Å²) in [5.74, 6) is -0.342. The average molecular weight is 493 g/mol. The van der Waals surface area contributed by atoms with Crippen LogP contribution >= 0.6 is 11.6 Å². The monoisotopic (exact) mass is 492 g/mol. The van der Waals surface area contributed by atoms with Crippen molar-refractivity contribution in [1.29, 1.82) is 0 Å². The van der Waals surface area contributed by atoms with E-state index in [1.54, 1.807) is 25.4 Å². The number of hydrogen-bond acceptors (Lipinski definition) is 4. The number of aryl methyl sites for hydroxylation is 2. The van der Waals surface area contributed by atoms with Crippen molar-refractivity contribution in [3.8, 4) is 11.3 Å². The van der Waals surface area contributed by atoms with Crippen LogP contribution in [-0.4, -0.2) is 37.8 Å². The van der Waals surface area contributed by atoms with E-state index in [0.717, 1.165) is 18.4 Å². The highest BCUT2D eigenvalue weighted by Crippen LogP contribution is 2.42. The van der Waals surface area contributed by atoms with Crippen LogP contribution in [0.15, 0.2) is 54.7 Å². The summed E-state index contributed by atoms with van der Waals surface area (Å²) in [4.78, 5) is 4.73. The Bertz CT molecular complexity index is 1640. The van der Waals surface area contributed by atoms with Crippen molar-refractivity contribution in [3.05, 3.63) is 76.8 Å². The standard InChI is InChI=1S/C27H25ClFN5O/c1-16-25(33(2)32-31-16)19-14-22-24(30-15-19)20-8-9-21(28)23(29)27(20)34(22)26(17-6-4-3-5-7-17)18-10-12-35-13-11-18/h3-9,14-15,18,26H,10-13H2,1-2H3/t26-/m1/s1/i1D3. The lowest BCUT2D eigenvalue weighted by atomic mass is 9.86. The molecule has 1 aliphatic rings. The second-order valence-corrected chi connectivity index (χ2v) is 9.34. The van der Waals surface area contributed by atoms with E-state index in [4.69, 9.17) is 25.4 Å². The molecule has 178 valence electrons. The van der Waals surface area contributed by atoms with Gasteiger partial charge in [-0.3, -0.25) is 4.98 Å². The number of ether oxygens (including phenoxy) is 1. The van der Waals surface area contributed by atoms with Crippen LogP contribution in [0.3, 0.4) is 0 Å². The Balaban J connectivity index is 1.70. The first-order valence-electron chi connectivity index (χ1n) is 13.1. The molecule has 1 aliphatic heterocycles. The highest BCUT2D eigenvalue weighted by molar-refractivity contribution is 6.31. The fourth-order valence-electron chi connectivity index (χ4n) is 5.34. The van der Waals surface area contributed by atoms with Crippen LogP contribution in [0.5, 0.6) is 0 Å². The van der Waals surface area contributed by atoms with Gasteiger partial charge < -0.3 is 9.30 Å². The summed E-state index contributed by atoms with van der Waals surface area (Å²) in [7, 11) is 1.64. The van der Waals surface area contributed by atoms with Gasteiger partial charge in [-0.15, -0.1) is 5.10 Å². The van der Waals surface area contributed by atoms with Crippen molar-refractivity contribution in [2.75, 3.05) is 13.2 Å². The number of fused-ring (bicyclic) bond motifs is 3. The van der Waals surface area contributed by atoms with Gasteiger partial charge in [0.15, 0.2) is 5.82 Å². The van der Waals surface area contributed by atoms with Gasteiger partial charge in [-0.25, -0.2) is 9.07 Å². The number of rotatable bonds is 4. The van der Waals surface area contributed by atoms with E-state index in [0.29, 0.717) is 46.4 Å². The molecule has 0 radical (unpaired) electrons. The van der Waals surface area contributed by atoms with E-state index in [2.05, 4.69) is 22.4 Å². The lowest BCUT2D eigenvalue weighted by Crippen LogP contribution is -2.27. The van der Waals surface area contributed by atoms with Crippen LogP contribution in [-0.2, 0) is 11.8 Å². The molecule has 0 amide bonds. The molecule has 1 fully saturated rings. The lowest BCUT2D eigenvalue weighted by Gasteiger charge is -2.33. The van der Waals surface area contributed by atoms with Gasteiger partial charge in [-0.2, -0.15) is 0 Å². The Labute approximate surface area is 211 Å². The summed E-state index contributed by atoms with van der Waals surface area (Å²) in [6.45, 7) is -1.21. The Kier molecular flexibility index (Phi) is 4.73. The highest BCUT2D eigenvalue weighted by atomic mass is 35.5. The first kappa shape index (κ1) is 19.0. The maximum Gasteiger partial charge on any atom is 0.166 e. The van der Waals surface area contributed by atoms with Gasteiger partial charge in [0.25, 0.3) is 0 Å². The van der Waals surface area contributed by atoms with Crippen LogP contribution < -0.4 is 0 Å². The summed E-state index contributed by atoms with van der Waals surface area (Å²) >= 11 is 6.32. The summed E-state index contributed by atoms with van der Waals surface area (Å²) in [5, 5.41) is 8.55. The Morgan fingerprint density at radius 1 is 1.17 bits per heavy atom. The van der Waals surface area contributed by atoms with E-state index in [1.807, 2.05) is 28.8 Å². The zero-order chi connectivity index (χ0) is 26.6. The first-order valence-corrected chi connectivity index (χ1v) is 11.9. The van der Waals surface area contributed by atoms with Crippen LogP contribution in [0, 0.1) is 18.6 Å². The minimum Gasteiger partial charge on any atom is -0.381 e. The third-order valence-corrected chi connectivity index (χ3v) is 7.22. The normalized spacial score (nSPS) is 17.4. The van der Waals surface area contributed by atoms with Gasteiger partial charge >= 0.3 is 0 Å². The van der Waals surface area contributed by atoms with Crippen molar-refractivity contribution in [2.45, 2.75) is 25.7 Å². The second kappa shape index (κ2) is 8.73. The summed E-state index contributed by atoms with van der Waals surface area (Å²) in [6, 6.07) is 15.0. The Morgan fingerprint density at radius 3 is 2.74 bits per heavy atom. The number of halogens is 2. The van der Waals surface area contributed by atoms with Crippen molar-refractivity contribution in [2.24, 2.45) is 13.0 Å². The Hall–Kier alpha value is -3.29. The molecule has 6 nitrogen and oxygen atoms in total. The number of nitrogens with zero attached hydrogens (tertiary/aromatic N) is 5. The van der Waals surface area contributed by atoms with Crippen LogP contribution in [0.25, 0.3) is 33.2 Å². The zero-order valence-electron chi connectivity index (χ0n) is 22.1. The van der Waals surface area contributed by atoms with Crippen molar-refractivity contribution in [1.82, 2.24) is 24.5 Å². The smallest absolute Gasteiger partial charge is 0.166 e. The molecular formula is C27H25ClFN5O. The average Bonchev–Trinajstić information content (AvgIpc) is 3.46. The van der Waals surface area contributed by atoms with E-state index < -0.39 is 12.7 Å². The van der Waals surface area contributed by atoms with Crippen molar-refractivity contribution < 1.29 is 13.2 Å². The zero-order valence-corrected chi connectivity index (χ0v) is 19.8. The second-order valence-electron chi connectivity index (χ2n) is 8.93. The number of hydrogen-bond donors (Lipinski definition) is 0. The van der Waals surface area contributed by atoms with Gasteiger partial charge in [0, 0.05) is 41.5 Å². The number of benzene rings is 2. The molecule has 0 spiro atoms. The Morgan fingerprint density at radius 2 is 1.97 bits per heavy atom. The molecule has 0 N–H and O–H groups in total. The van der Waals surface area contributed by atoms with Gasteiger partial charge in [-0.05, 0) is 49.4 Å². The molecule has 5 aromatic rings. The maximum atomic E-state index is 15.9. The van der Waals surface area contributed by atoms with Crippen LogP contribution in [0.1, 0.15) is 34.3 Å². The van der Waals surface area contributed by atoms with Crippen LogP contribution in [0.4, 0.5) is 4.39 Å². The van der Waals surface area contributed by atoms with Crippen LogP contribution in [0.2, 0.25) is 5.02 Å². The summed E-state index contributed by atoms with van der Waals surface area (Å²) in [6.07, 6.45) is 3.22.